The van der Waals surface area contributed by atoms with E-state index in [1.807, 2.05) is 0 Å². The average molecular weight is 473 g/mol. The minimum atomic E-state index is -4.50. The summed E-state index contributed by atoms with van der Waals surface area (Å²) >= 11 is 0. The van der Waals surface area contributed by atoms with Gasteiger partial charge in [0.15, 0.2) is 11.4 Å². The highest BCUT2D eigenvalue weighted by Crippen LogP contribution is 2.30. The van der Waals surface area contributed by atoms with Crippen LogP contribution in [0.1, 0.15) is 21.6 Å². The lowest BCUT2D eigenvalue weighted by Crippen LogP contribution is -2.15. The molecule has 0 aliphatic heterocycles. The van der Waals surface area contributed by atoms with Gasteiger partial charge in [-0.3, -0.25) is 4.79 Å². The normalized spacial score (nSPS) is 11.3. The Morgan fingerprint density at radius 3 is 2.06 bits per heavy atom. The molecule has 1 aromatic heterocycles. The van der Waals surface area contributed by atoms with Crippen LogP contribution in [-0.4, -0.2) is 15.7 Å². The van der Waals surface area contributed by atoms with Gasteiger partial charge in [0.25, 0.3) is 5.91 Å². The van der Waals surface area contributed by atoms with Crippen molar-refractivity contribution < 1.29 is 31.5 Å². The summed E-state index contributed by atoms with van der Waals surface area (Å²) in [5.74, 6) is -1.53. The van der Waals surface area contributed by atoms with E-state index < -0.39 is 29.3 Å². The summed E-state index contributed by atoms with van der Waals surface area (Å²) in [7, 11) is 0. The number of ether oxygens (including phenoxy) is 1. The maximum absolute atomic E-state index is 13.3. The first-order valence-electron chi connectivity index (χ1n) is 9.90. The number of aromatic nitrogens is 2. The van der Waals surface area contributed by atoms with Crippen molar-refractivity contribution in [2.24, 2.45) is 0 Å². The van der Waals surface area contributed by atoms with Gasteiger partial charge in [0.1, 0.15) is 18.2 Å². The minimum absolute atomic E-state index is 0.00402. The fourth-order valence-electron chi connectivity index (χ4n) is 3.02. The zero-order valence-electron chi connectivity index (χ0n) is 17.3. The third-order valence-electron chi connectivity index (χ3n) is 4.76. The van der Waals surface area contributed by atoms with E-state index in [-0.39, 0.29) is 23.7 Å². The van der Waals surface area contributed by atoms with Crippen LogP contribution in [0.4, 0.5) is 27.6 Å². The highest BCUT2D eigenvalue weighted by atomic mass is 19.4. The van der Waals surface area contributed by atoms with E-state index in [4.69, 9.17) is 4.74 Å². The number of halogens is 5. The standard InChI is InChI=1S/C24H16F5N3O2/c25-17-5-1-15(2-6-17)14-34-21-13-32(20-11-7-18(26)8-12-20)31-22(21)23(33)30-19-9-3-16(4-10-19)24(27,28)29/h1-13H,14H2,(H,30,33). The summed E-state index contributed by atoms with van der Waals surface area (Å²) in [5.41, 5.74) is 0.200. The smallest absolute Gasteiger partial charge is 0.416 e. The molecule has 0 radical (unpaired) electrons. The molecule has 0 fully saturated rings. The number of hydrogen-bond donors (Lipinski definition) is 1. The molecule has 0 aliphatic rings. The van der Waals surface area contributed by atoms with Crippen molar-refractivity contribution in [1.82, 2.24) is 9.78 Å². The summed E-state index contributed by atoms with van der Waals surface area (Å²) in [6.45, 7) is -0.00402. The van der Waals surface area contributed by atoms with Crippen LogP contribution in [-0.2, 0) is 12.8 Å². The van der Waals surface area contributed by atoms with Crippen LogP contribution >= 0.6 is 0 Å². The Bertz CT molecular complexity index is 1280. The zero-order chi connectivity index (χ0) is 24.3. The summed E-state index contributed by atoms with van der Waals surface area (Å²) in [6, 6.07) is 14.8. The van der Waals surface area contributed by atoms with Gasteiger partial charge in [-0.05, 0) is 66.2 Å². The lowest BCUT2D eigenvalue weighted by molar-refractivity contribution is -0.137. The van der Waals surface area contributed by atoms with Gasteiger partial charge in [-0.15, -0.1) is 0 Å². The number of nitrogens with zero attached hydrogens (tertiary/aromatic N) is 2. The first kappa shape index (κ1) is 23.0. The lowest BCUT2D eigenvalue weighted by atomic mass is 10.2. The second kappa shape index (κ2) is 9.34. The van der Waals surface area contributed by atoms with Gasteiger partial charge in [-0.2, -0.15) is 18.3 Å². The molecular formula is C24H16F5N3O2. The summed E-state index contributed by atoms with van der Waals surface area (Å²) < 4.78 is 71.8. The largest absolute Gasteiger partial charge is 0.485 e. The Balaban J connectivity index is 1.59. The molecule has 34 heavy (non-hydrogen) atoms. The summed E-state index contributed by atoms with van der Waals surface area (Å²) in [4.78, 5) is 12.9. The SMILES string of the molecule is O=C(Nc1ccc(C(F)(F)F)cc1)c1nn(-c2ccc(F)cc2)cc1OCc1ccc(F)cc1. The predicted octanol–water partition coefficient (Wildman–Crippen LogP) is 6.00. The van der Waals surface area contributed by atoms with E-state index in [9.17, 15) is 26.7 Å². The number of carbonyl (C=O) groups is 1. The monoisotopic (exact) mass is 473 g/mol. The molecule has 10 heteroatoms. The molecule has 3 aromatic carbocycles. The topological polar surface area (TPSA) is 56.2 Å². The van der Waals surface area contributed by atoms with E-state index in [2.05, 4.69) is 10.4 Å². The Labute approximate surface area is 190 Å². The highest BCUT2D eigenvalue weighted by molar-refractivity contribution is 6.04. The van der Waals surface area contributed by atoms with Gasteiger partial charge in [0, 0.05) is 5.69 Å². The highest BCUT2D eigenvalue weighted by Gasteiger charge is 2.30. The lowest BCUT2D eigenvalue weighted by Gasteiger charge is -2.09. The number of alkyl halides is 3. The molecule has 1 N–H and O–H groups in total. The van der Waals surface area contributed by atoms with Crippen LogP contribution in [0.3, 0.4) is 0 Å². The number of carbonyl (C=O) groups excluding carboxylic acids is 1. The molecule has 0 saturated heterocycles. The van der Waals surface area contributed by atoms with Crippen LogP contribution in [0.15, 0.2) is 79.0 Å². The molecule has 0 aliphatic carbocycles. The Morgan fingerprint density at radius 1 is 0.882 bits per heavy atom. The molecule has 4 rings (SSSR count). The Hall–Kier alpha value is -4.21. The summed E-state index contributed by atoms with van der Waals surface area (Å²) in [5, 5.41) is 6.69. The number of benzene rings is 3. The van der Waals surface area contributed by atoms with Gasteiger partial charge in [0.05, 0.1) is 17.4 Å². The van der Waals surface area contributed by atoms with E-state index in [1.165, 1.54) is 59.4 Å². The second-order valence-electron chi connectivity index (χ2n) is 7.21. The number of hydrogen-bond acceptors (Lipinski definition) is 3. The van der Waals surface area contributed by atoms with E-state index >= 15 is 0 Å². The number of rotatable bonds is 6. The Morgan fingerprint density at radius 2 is 1.47 bits per heavy atom. The fourth-order valence-corrected chi connectivity index (χ4v) is 3.02. The first-order valence-corrected chi connectivity index (χ1v) is 9.90. The number of nitrogens with one attached hydrogen (secondary N) is 1. The van der Waals surface area contributed by atoms with Crippen molar-refractivity contribution in [3.63, 3.8) is 0 Å². The zero-order valence-corrected chi connectivity index (χ0v) is 17.3. The van der Waals surface area contributed by atoms with Crippen molar-refractivity contribution in [3.8, 4) is 11.4 Å². The maximum atomic E-state index is 13.3. The minimum Gasteiger partial charge on any atom is -0.485 e. The van der Waals surface area contributed by atoms with Gasteiger partial charge in [0.2, 0.25) is 0 Å². The first-order chi connectivity index (χ1) is 16.2. The van der Waals surface area contributed by atoms with Gasteiger partial charge in [-0.1, -0.05) is 12.1 Å². The number of amides is 1. The van der Waals surface area contributed by atoms with Crippen molar-refractivity contribution in [1.29, 1.82) is 0 Å². The van der Waals surface area contributed by atoms with Gasteiger partial charge in [-0.25, -0.2) is 13.5 Å². The van der Waals surface area contributed by atoms with Crippen LogP contribution < -0.4 is 10.1 Å². The Kier molecular flexibility index (Phi) is 6.31. The van der Waals surface area contributed by atoms with E-state index in [1.54, 1.807) is 0 Å². The van der Waals surface area contributed by atoms with Crippen molar-refractivity contribution in [2.75, 3.05) is 5.32 Å². The molecular weight excluding hydrogens is 457 g/mol. The maximum Gasteiger partial charge on any atom is 0.416 e. The second-order valence-corrected chi connectivity index (χ2v) is 7.21. The van der Waals surface area contributed by atoms with Crippen LogP contribution in [0.2, 0.25) is 0 Å². The molecule has 0 unspecified atom stereocenters. The number of anilines is 1. The van der Waals surface area contributed by atoms with Crippen LogP contribution in [0, 0.1) is 11.6 Å². The van der Waals surface area contributed by atoms with Crippen LogP contribution in [0.25, 0.3) is 5.69 Å². The summed E-state index contributed by atoms with van der Waals surface area (Å²) in [6.07, 6.45) is -3.09. The third kappa shape index (κ3) is 5.40. The van der Waals surface area contributed by atoms with E-state index in [0.717, 1.165) is 24.3 Å². The van der Waals surface area contributed by atoms with Crippen molar-refractivity contribution in [3.05, 3.63) is 107 Å². The van der Waals surface area contributed by atoms with E-state index in [0.29, 0.717) is 11.3 Å². The fraction of sp³-hybridized carbons (Fsp3) is 0.0833. The molecule has 0 saturated carbocycles. The molecule has 0 spiro atoms. The van der Waals surface area contributed by atoms with Crippen LogP contribution in [0.5, 0.6) is 5.75 Å². The van der Waals surface area contributed by atoms with Gasteiger partial charge >= 0.3 is 6.18 Å². The predicted molar refractivity (Wildman–Crippen MR) is 114 cm³/mol. The molecule has 0 bridgehead atoms. The van der Waals surface area contributed by atoms with Crippen molar-refractivity contribution >= 4 is 11.6 Å². The molecule has 5 nitrogen and oxygen atoms in total. The molecule has 0 atom stereocenters. The molecule has 174 valence electrons. The molecule has 1 heterocycles. The average Bonchev–Trinajstić information content (AvgIpc) is 3.23. The third-order valence-corrected chi connectivity index (χ3v) is 4.76. The quantitative estimate of drug-likeness (QED) is 0.350. The molecule has 4 aromatic rings. The van der Waals surface area contributed by atoms with Gasteiger partial charge < -0.3 is 10.1 Å². The van der Waals surface area contributed by atoms with Crippen molar-refractivity contribution in [2.45, 2.75) is 12.8 Å². The molecule has 1 amide bonds.